The molecule has 0 amide bonds. The van der Waals surface area contributed by atoms with Crippen LogP contribution in [0, 0.1) is 6.92 Å². The monoisotopic (exact) mass is 322 g/mol. The summed E-state index contributed by atoms with van der Waals surface area (Å²) >= 11 is 3.78. The molecular formula is C15H19BrN2O. The van der Waals surface area contributed by atoms with E-state index in [2.05, 4.69) is 45.3 Å². The summed E-state index contributed by atoms with van der Waals surface area (Å²) in [6, 6.07) is 4.19. The topological polar surface area (TPSA) is 37.0 Å². The van der Waals surface area contributed by atoms with Crippen LogP contribution in [0.15, 0.2) is 16.6 Å². The number of fused-ring (bicyclic) bond motifs is 1. The van der Waals surface area contributed by atoms with Gasteiger partial charge in [-0.1, -0.05) is 0 Å². The first-order valence-corrected chi connectivity index (χ1v) is 7.56. The molecule has 2 N–H and O–H groups in total. The second-order valence-electron chi connectivity index (χ2n) is 5.24. The Hall–Kier alpha value is -1.00. The molecule has 1 saturated heterocycles. The highest BCUT2D eigenvalue weighted by Crippen LogP contribution is 2.38. The van der Waals surface area contributed by atoms with Crippen LogP contribution in [0.5, 0.6) is 5.75 Å². The van der Waals surface area contributed by atoms with Gasteiger partial charge in [-0.2, -0.15) is 0 Å². The van der Waals surface area contributed by atoms with Crippen molar-refractivity contribution < 1.29 is 4.74 Å². The predicted molar refractivity (Wildman–Crippen MR) is 82.1 cm³/mol. The molecule has 0 saturated carbocycles. The minimum Gasteiger partial charge on any atom is -0.497 e. The third-order valence-corrected chi connectivity index (χ3v) is 4.88. The molecule has 1 fully saturated rings. The molecule has 1 aliphatic rings. The Morgan fingerprint density at radius 3 is 2.68 bits per heavy atom. The van der Waals surface area contributed by atoms with Crippen molar-refractivity contribution in [1.29, 1.82) is 0 Å². The van der Waals surface area contributed by atoms with Crippen molar-refractivity contribution in [2.24, 2.45) is 0 Å². The average Bonchev–Trinajstić information content (AvgIpc) is 2.78. The number of H-pyrrole nitrogens is 1. The van der Waals surface area contributed by atoms with E-state index in [1.165, 1.54) is 39.5 Å². The number of nitrogens with one attached hydrogen (secondary N) is 2. The third-order valence-electron chi connectivity index (χ3n) is 4.02. The van der Waals surface area contributed by atoms with Crippen molar-refractivity contribution in [2.75, 3.05) is 20.2 Å². The summed E-state index contributed by atoms with van der Waals surface area (Å²) in [7, 11) is 1.72. The number of aromatic nitrogens is 1. The maximum absolute atomic E-state index is 5.37. The SMILES string of the molecule is COc1cc(C)c2[nH]c(C3CCNCC3)c(Br)c2c1. The summed E-state index contributed by atoms with van der Waals surface area (Å²) in [6.07, 6.45) is 2.39. The first kappa shape index (κ1) is 13.0. The smallest absolute Gasteiger partial charge is 0.119 e. The van der Waals surface area contributed by atoms with E-state index in [1.54, 1.807) is 7.11 Å². The minimum absolute atomic E-state index is 0.619. The van der Waals surface area contributed by atoms with Gasteiger partial charge in [0.2, 0.25) is 0 Å². The zero-order valence-corrected chi connectivity index (χ0v) is 12.9. The fourth-order valence-electron chi connectivity index (χ4n) is 2.94. The fraction of sp³-hybridized carbons (Fsp3) is 0.467. The van der Waals surface area contributed by atoms with E-state index in [-0.39, 0.29) is 0 Å². The van der Waals surface area contributed by atoms with E-state index in [1.807, 2.05) is 0 Å². The predicted octanol–water partition coefficient (Wildman–Crippen LogP) is 3.71. The second kappa shape index (κ2) is 5.17. The van der Waals surface area contributed by atoms with Crippen LogP contribution >= 0.6 is 15.9 Å². The van der Waals surface area contributed by atoms with E-state index >= 15 is 0 Å². The summed E-state index contributed by atoms with van der Waals surface area (Å²) in [5.74, 6) is 1.54. The molecular weight excluding hydrogens is 304 g/mol. The van der Waals surface area contributed by atoms with E-state index in [0.717, 1.165) is 18.8 Å². The lowest BCUT2D eigenvalue weighted by molar-refractivity contribution is 0.415. The number of ether oxygens (including phenoxy) is 1. The van der Waals surface area contributed by atoms with Crippen LogP contribution in [0.4, 0.5) is 0 Å². The number of benzene rings is 1. The molecule has 3 rings (SSSR count). The Morgan fingerprint density at radius 2 is 2.00 bits per heavy atom. The van der Waals surface area contributed by atoms with Gasteiger partial charge in [0, 0.05) is 27.0 Å². The van der Waals surface area contributed by atoms with Crippen LogP contribution < -0.4 is 10.1 Å². The Labute approximate surface area is 121 Å². The van der Waals surface area contributed by atoms with E-state index < -0.39 is 0 Å². The third kappa shape index (κ3) is 2.28. The van der Waals surface area contributed by atoms with Crippen molar-refractivity contribution >= 4 is 26.8 Å². The number of hydrogen-bond acceptors (Lipinski definition) is 2. The largest absolute Gasteiger partial charge is 0.497 e. The van der Waals surface area contributed by atoms with Crippen molar-refractivity contribution in [3.8, 4) is 5.75 Å². The molecule has 2 heterocycles. The summed E-state index contributed by atoms with van der Waals surface area (Å²) in [4.78, 5) is 3.62. The van der Waals surface area contributed by atoms with Crippen molar-refractivity contribution in [1.82, 2.24) is 10.3 Å². The molecule has 4 heteroatoms. The van der Waals surface area contributed by atoms with E-state index in [9.17, 15) is 0 Å². The number of piperidine rings is 1. The van der Waals surface area contributed by atoms with Crippen LogP contribution in [0.3, 0.4) is 0 Å². The Bertz CT molecular complexity index is 600. The molecule has 0 spiro atoms. The first-order valence-electron chi connectivity index (χ1n) is 6.77. The minimum atomic E-state index is 0.619. The summed E-state index contributed by atoms with van der Waals surface area (Å²) in [5.41, 5.74) is 3.80. The maximum atomic E-state index is 5.37. The molecule has 1 aromatic heterocycles. The molecule has 1 aromatic carbocycles. The highest BCUT2D eigenvalue weighted by Gasteiger charge is 2.21. The Balaban J connectivity index is 2.11. The van der Waals surface area contributed by atoms with Gasteiger partial charge >= 0.3 is 0 Å². The molecule has 3 nitrogen and oxygen atoms in total. The Morgan fingerprint density at radius 1 is 1.26 bits per heavy atom. The average molecular weight is 323 g/mol. The second-order valence-corrected chi connectivity index (χ2v) is 6.04. The highest BCUT2D eigenvalue weighted by atomic mass is 79.9. The van der Waals surface area contributed by atoms with Gasteiger partial charge in [0.05, 0.1) is 7.11 Å². The zero-order chi connectivity index (χ0) is 13.4. The zero-order valence-electron chi connectivity index (χ0n) is 11.3. The molecule has 102 valence electrons. The lowest BCUT2D eigenvalue weighted by atomic mass is 9.95. The number of hydrogen-bond donors (Lipinski definition) is 2. The lowest BCUT2D eigenvalue weighted by Crippen LogP contribution is -2.26. The van der Waals surface area contributed by atoms with Gasteiger partial charge < -0.3 is 15.0 Å². The Kier molecular flexibility index (Phi) is 3.54. The highest BCUT2D eigenvalue weighted by molar-refractivity contribution is 9.10. The quantitative estimate of drug-likeness (QED) is 0.884. The standard InChI is InChI=1S/C15H19BrN2O/c1-9-7-11(19-2)8-12-13(16)15(18-14(9)12)10-3-5-17-6-4-10/h7-8,10,17-18H,3-6H2,1-2H3. The maximum Gasteiger partial charge on any atom is 0.119 e. The molecule has 0 atom stereocenters. The van der Waals surface area contributed by atoms with Crippen LogP contribution in [-0.4, -0.2) is 25.2 Å². The van der Waals surface area contributed by atoms with Gasteiger partial charge in [-0.15, -0.1) is 0 Å². The molecule has 19 heavy (non-hydrogen) atoms. The van der Waals surface area contributed by atoms with Crippen LogP contribution in [-0.2, 0) is 0 Å². The van der Waals surface area contributed by atoms with Gasteiger partial charge in [0.1, 0.15) is 5.75 Å². The summed E-state index contributed by atoms with van der Waals surface area (Å²) in [5, 5.41) is 4.65. The van der Waals surface area contributed by atoms with Gasteiger partial charge in [-0.3, -0.25) is 0 Å². The van der Waals surface area contributed by atoms with Crippen molar-refractivity contribution in [2.45, 2.75) is 25.7 Å². The molecule has 0 radical (unpaired) electrons. The molecule has 0 unspecified atom stereocenters. The number of aromatic amines is 1. The number of aryl methyl sites for hydroxylation is 1. The normalized spacial score (nSPS) is 17.0. The van der Waals surface area contributed by atoms with Crippen molar-refractivity contribution in [3.05, 3.63) is 27.9 Å². The number of methoxy groups -OCH3 is 1. The molecule has 2 aromatic rings. The van der Waals surface area contributed by atoms with Gasteiger partial charge in [-0.25, -0.2) is 0 Å². The molecule has 1 aliphatic heterocycles. The van der Waals surface area contributed by atoms with E-state index in [4.69, 9.17) is 4.74 Å². The van der Waals surface area contributed by atoms with Crippen molar-refractivity contribution in [3.63, 3.8) is 0 Å². The number of rotatable bonds is 2. The molecule has 0 aliphatic carbocycles. The first-order chi connectivity index (χ1) is 9.20. The van der Waals surface area contributed by atoms with Crippen LogP contribution in [0.1, 0.15) is 30.0 Å². The molecule has 0 bridgehead atoms. The lowest BCUT2D eigenvalue weighted by Gasteiger charge is -2.22. The van der Waals surface area contributed by atoms with Gasteiger partial charge in [0.15, 0.2) is 0 Å². The van der Waals surface area contributed by atoms with Gasteiger partial charge in [0.25, 0.3) is 0 Å². The van der Waals surface area contributed by atoms with Crippen LogP contribution in [0.25, 0.3) is 10.9 Å². The van der Waals surface area contributed by atoms with Gasteiger partial charge in [-0.05, 0) is 66.5 Å². The summed E-state index contributed by atoms with van der Waals surface area (Å²) in [6.45, 7) is 4.34. The summed E-state index contributed by atoms with van der Waals surface area (Å²) < 4.78 is 6.57. The van der Waals surface area contributed by atoms with Crippen LogP contribution in [0.2, 0.25) is 0 Å². The fourth-order valence-corrected chi connectivity index (χ4v) is 3.67. The number of halogens is 1. The van der Waals surface area contributed by atoms with E-state index in [0.29, 0.717) is 5.92 Å².